The number of nitrogens with one attached hydrogen (secondary N) is 1. The molecule has 1 aromatic heterocycles. The van der Waals surface area contributed by atoms with Crippen LogP contribution in [0.2, 0.25) is 0 Å². The van der Waals surface area contributed by atoms with Gasteiger partial charge in [-0.25, -0.2) is 4.98 Å². The fourth-order valence-corrected chi connectivity index (χ4v) is 3.00. The third-order valence-electron chi connectivity index (χ3n) is 3.27. The maximum Gasteiger partial charge on any atom is 0.193 e. The molecule has 0 spiro atoms. The summed E-state index contributed by atoms with van der Waals surface area (Å²) >= 11 is 1.66. The summed E-state index contributed by atoms with van der Waals surface area (Å²) in [5, 5.41) is 6.19. The molecule has 0 saturated heterocycles. The van der Waals surface area contributed by atoms with Gasteiger partial charge in [-0.2, -0.15) is 0 Å². The summed E-state index contributed by atoms with van der Waals surface area (Å²) in [7, 11) is 0. The van der Waals surface area contributed by atoms with Crippen molar-refractivity contribution in [2.24, 2.45) is 10.7 Å². The van der Waals surface area contributed by atoms with Crippen molar-refractivity contribution in [1.82, 2.24) is 4.98 Å². The van der Waals surface area contributed by atoms with E-state index in [1.807, 2.05) is 48.5 Å². The number of nitrogens with two attached hydrogens (primary N) is 1. The molecule has 3 rings (SSSR count). The Morgan fingerprint density at radius 3 is 2.42 bits per heavy atom. The number of anilines is 1. The highest BCUT2D eigenvalue weighted by Gasteiger charge is 2.04. The first-order chi connectivity index (χ1) is 11.3. The van der Waals surface area contributed by atoms with Crippen molar-refractivity contribution in [3.8, 4) is 10.6 Å². The van der Waals surface area contributed by atoms with E-state index in [9.17, 15) is 0 Å². The molecule has 4 nitrogen and oxygen atoms in total. The van der Waals surface area contributed by atoms with Gasteiger partial charge < -0.3 is 11.1 Å². The van der Waals surface area contributed by atoms with E-state index in [0.29, 0.717) is 12.5 Å². The first kappa shape index (κ1) is 18.4. The van der Waals surface area contributed by atoms with Crippen molar-refractivity contribution >= 4 is 47.0 Å². The summed E-state index contributed by atoms with van der Waals surface area (Å²) in [6.07, 6.45) is 0.778. The lowest BCUT2D eigenvalue weighted by atomic mass is 10.2. The van der Waals surface area contributed by atoms with Crippen molar-refractivity contribution in [2.75, 3.05) is 11.9 Å². The van der Waals surface area contributed by atoms with E-state index in [4.69, 9.17) is 5.73 Å². The third kappa shape index (κ3) is 5.31. The van der Waals surface area contributed by atoms with Crippen LogP contribution in [0.3, 0.4) is 0 Å². The van der Waals surface area contributed by atoms with Crippen LogP contribution in [-0.2, 0) is 6.42 Å². The fourth-order valence-electron chi connectivity index (χ4n) is 2.13. The summed E-state index contributed by atoms with van der Waals surface area (Å²) in [4.78, 5) is 8.99. The summed E-state index contributed by atoms with van der Waals surface area (Å²) in [6.45, 7) is 0.615. The minimum absolute atomic E-state index is 0. The summed E-state index contributed by atoms with van der Waals surface area (Å²) in [6, 6.07) is 20.0. The van der Waals surface area contributed by atoms with Gasteiger partial charge in [0, 0.05) is 29.6 Å². The molecule has 1 heterocycles. The number of aromatic nitrogens is 1. The monoisotopic (exact) mass is 450 g/mol. The number of guanidine groups is 1. The maximum atomic E-state index is 5.89. The number of aliphatic imine (C=N–C) groups is 1. The Labute approximate surface area is 162 Å². The molecule has 0 unspecified atom stereocenters. The first-order valence-electron chi connectivity index (χ1n) is 7.43. The lowest BCUT2D eigenvalue weighted by Crippen LogP contribution is -2.23. The molecule has 0 fully saturated rings. The van der Waals surface area contributed by atoms with E-state index < -0.39 is 0 Å². The molecular formula is C18H19IN4S. The van der Waals surface area contributed by atoms with E-state index in [1.54, 1.807) is 11.3 Å². The molecule has 0 aliphatic carbocycles. The molecule has 3 aromatic rings. The van der Waals surface area contributed by atoms with Gasteiger partial charge in [0.1, 0.15) is 5.01 Å². The number of halogens is 1. The molecule has 0 atom stereocenters. The second-order valence-electron chi connectivity index (χ2n) is 5.02. The first-order valence-corrected chi connectivity index (χ1v) is 8.31. The molecular weight excluding hydrogens is 431 g/mol. The van der Waals surface area contributed by atoms with Gasteiger partial charge in [0.2, 0.25) is 0 Å². The molecule has 2 aromatic carbocycles. The Bertz CT molecular complexity index is 772. The highest BCUT2D eigenvalue weighted by atomic mass is 127. The van der Waals surface area contributed by atoms with Crippen LogP contribution >= 0.6 is 35.3 Å². The van der Waals surface area contributed by atoms with Crippen LogP contribution in [0, 0.1) is 0 Å². The molecule has 124 valence electrons. The number of hydrogen-bond donors (Lipinski definition) is 2. The smallest absolute Gasteiger partial charge is 0.193 e. The van der Waals surface area contributed by atoms with E-state index in [0.717, 1.165) is 28.4 Å². The van der Waals surface area contributed by atoms with Crippen molar-refractivity contribution in [1.29, 1.82) is 0 Å². The molecule has 0 bridgehead atoms. The Morgan fingerprint density at radius 1 is 1.04 bits per heavy atom. The fraction of sp³-hybridized carbons (Fsp3) is 0.111. The second-order valence-corrected chi connectivity index (χ2v) is 5.88. The number of rotatable bonds is 5. The maximum absolute atomic E-state index is 5.89. The minimum Gasteiger partial charge on any atom is -0.370 e. The molecule has 24 heavy (non-hydrogen) atoms. The highest BCUT2D eigenvalue weighted by molar-refractivity contribution is 14.0. The number of para-hydroxylation sites is 1. The van der Waals surface area contributed by atoms with Crippen LogP contribution in [0.15, 0.2) is 71.0 Å². The zero-order valence-electron chi connectivity index (χ0n) is 13.1. The van der Waals surface area contributed by atoms with Gasteiger partial charge in [-0.05, 0) is 12.1 Å². The lowest BCUT2D eigenvalue weighted by molar-refractivity contribution is 0.934. The number of hydrogen-bond acceptors (Lipinski definition) is 3. The van der Waals surface area contributed by atoms with Crippen molar-refractivity contribution in [3.63, 3.8) is 0 Å². The van der Waals surface area contributed by atoms with Crippen LogP contribution in [0.25, 0.3) is 10.6 Å². The molecule has 0 radical (unpaired) electrons. The topological polar surface area (TPSA) is 63.3 Å². The zero-order chi connectivity index (χ0) is 15.9. The Morgan fingerprint density at radius 2 is 1.71 bits per heavy atom. The van der Waals surface area contributed by atoms with E-state index in [-0.39, 0.29) is 24.0 Å². The van der Waals surface area contributed by atoms with E-state index in [1.165, 1.54) is 0 Å². The quantitative estimate of drug-likeness (QED) is 0.344. The largest absolute Gasteiger partial charge is 0.370 e. The van der Waals surface area contributed by atoms with Crippen LogP contribution in [0.5, 0.6) is 0 Å². The highest BCUT2D eigenvalue weighted by Crippen LogP contribution is 2.23. The van der Waals surface area contributed by atoms with Crippen molar-refractivity contribution in [2.45, 2.75) is 6.42 Å². The number of thiazole rings is 1. The number of benzene rings is 2. The molecule has 0 aliphatic rings. The average molecular weight is 450 g/mol. The van der Waals surface area contributed by atoms with Gasteiger partial charge in [0.25, 0.3) is 0 Å². The van der Waals surface area contributed by atoms with Gasteiger partial charge in [0.05, 0.1) is 5.69 Å². The van der Waals surface area contributed by atoms with Crippen LogP contribution in [0.4, 0.5) is 5.69 Å². The van der Waals surface area contributed by atoms with Gasteiger partial charge in [-0.1, -0.05) is 48.5 Å². The summed E-state index contributed by atoms with van der Waals surface area (Å²) in [5.41, 5.74) is 9.02. The van der Waals surface area contributed by atoms with Crippen LogP contribution in [0.1, 0.15) is 5.69 Å². The SMILES string of the molecule is I.NC(=NCCc1csc(-c2ccccc2)n1)Nc1ccccc1. The Kier molecular flexibility index (Phi) is 7.20. The average Bonchev–Trinajstić information content (AvgIpc) is 3.05. The third-order valence-corrected chi connectivity index (χ3v) is 4.21. The zero-order valence-corrected chi connectivity index (χ0v) is 16.2. The Hall–Kier alpha value is -1.93. The summed E-state index contributed by atoms with van der Waals surface area (Å²) < 4.78 is 0. The van der Waals surface area contributed by atoms with E-state index in [2.05, 4.69) is 32.8 Å². The van der Waals surface area contributed by atoms with E-state index >= 15 is 0 Å². The van der Waals surface area contributed by atoms with Crippen LogP contribution in [-0.4, -0.2) is 17.5 Å². The predicted molar refractivity (Wildman–Crippen MR) is 113 cm³/mol. The van der Waals surface area contributed by atoms with Gasteiger partial charge >= 0.3 is 0 Å². The van der Waals surface area contributed by atoms with Crippen molar-refractivity contribution in [3.05, 3.63) is 71.7 Å². The molecule has 3 N–H and O–H groups in total. The van der Waals surface area contributed by atoms with Gasteiger partial charge in [-0.15, -0.1) is 35.3 Å². The van der Waals surface area contributed by atoms with Crippen LogP contribution < -0.4 is 11.1 Å². The normalized spacial score (nSPS) is 10.9. The predicted octanol–water partition coefficient (Wildman–Crippen LogP) is 4.40. The standard InChI is InChI=1S/C18H18N4S.HI/c19-18(22-15-9-5-2-6-10-15)20-12-11-16-13-23-17(21-16)14-7-3-1-4-8-14;/h1-10,13H,11-12H2,(H3,19,20,22);1H. The second kappa shape index (κ2) is 9.39. The van der Waals surface area contributed by atoms with Crippen molar-refractivity contribution < 1.29 is 0 Å². The lowest BCUT2D eigenvalue weighted by Gasteiger charge is -2.04. The number of nitrogens with zero attached hydrogens (tertiary/aromatic N) is 2. The van der Waals surface area contributed by atoms with Gasteiger partial charge in [0.15, 0.2) is 5.96 Å². The van der Waals surface area contributed by atoms with Gasteiger partial charge in [-0.3, -0.25) is 4.99 Å². The molecule has 0 amide bonds. The summed E-state index contributed by atoms with van der Waals surface area (Å²) in [5.74, 6) is 0.426. The molecule has 0 saturated carbocycles. The molecule has 0 aliphatic heterocycles. The minimum atomic E-state index is 0. The Balaban J connectivity index is 0.00000208. The molecule has 6 heteroatoms.